The molecule has 0 unspecified atom stereocenters. The first-order valence-corrected chi connectivity index (χ1v) is 10.6. The van der Waals surface area contributed by atoms with Gasteiger partial charge in [-0.1, -0.05) is 24.3 Å². The molecule has 3 heterocycles. The molecule has 0 saturated heterocycles. The molecule has 0 aliphatic carbocycles. The number of amides is 2. The molecule has 4 rings (SSSR count). The van der Waals surface area contributed by atoms with Crippen LogP contribution in [0.4, 0.5) is 5.82 Å². The van der Waals surface area contributed by atoms with Crippen LogP contribution in [0.1, 0.15) is 38.3 Å². The summed E-state index contributed by atoms with van der Waals surface area (Å²) in [5.41, 5.74) is 2.30. The molecule has 0 spiro atoms. The molecule has 0 saturated carbocycles. The summed E-state index contributed by atoms with van der Waals surface area (Å²) in [6.07, 6.45) is 1.67. The van der Waals surface area contributed by atoms with Crippen molar-refractivity contribution in [2.24, 2.45) is 0 Å². The first-order chi connectivity index (χ1) is 14.6. The minimum absolute atomic E-state index is 0.0845. The molecule has 2 atom stereocenters. The van der Waals surface area contributed by atoms with E-state index in [4.69, 9.17) is 4.74 Å². The number of aryl methyl sites for hydroxylation is 1. The number of carbonyl (C=O) groups is 2. The number of aromatic nitrogens is 1. The van der Waals surface area contributed by atoms with Crippen LogP contribution in [0.3, 0.4) is 0 Å². The Bertz CT molecular complexity index is 1050. The topological polar surface area (TPSA) is 71.5 Å². The number of hydrogen-bond donors (Lipinski definition) is 1. The molecule has 0 fully saturated rings. The summed E-state index contributed by atoms with van der Waals surface area (Å²) in [4.78, 5) is 33.9. The van der Waals surface area contributed by atoms with E-state index < -0.39 is 12.0 Å². The highest BCUT2D eigenvalue weighted by Gasteiger charge is 2.44. The van der Waals surface area contributed by atoms with Gasteiger partial charge < -0.3 is 15.0 Å². The predicted molar refractivity (Wildman–Crippen MR) is 117 cm³/mol. The van der Waals surface area contributed by atoms with Gasteiger partial charge in [-0.05, 0) is 47.7 Å². The standard InChI is InChI=1S/C23H23N3O3S/c1-15-9-10-24-19(14-15)25-22(27)20-16-6-3-4-7-17(16)23(28)26(11-12-29-2)21(20)18-8-5-13-30-18/h3-10,13-14,20-21H,11-12H2,1-2H3,(H,24,25,27)/t20-,21+/m1/s1. The van der Waals surface area contributed by atoms with Gasteiger partial charge >= 0.3 is 0 Å². The number of pyridine rings is 1. The number of benzene rings is 1. The zero-order valence-corrected chi connectivity index (χ0v) is 17.7. The van der Waals surface area contributed by atoms with E-state index in [0.29, 0.717) is 24.5 Å². The van der Waals surface area contributed by atoms with E-state index in [1.165, 1.54) is 0 Å². The molecule has 30 heavy (non-hydrogen) atoms. The molecule has 2 aromatic heterocycles. The molecule has 0 radical (unpaired) electrons. The number of methoxy groups -OCH3 is 1. The van der Waals surface area contributed by atoms with Crippen molar-refractivity contribution in [1.82, 2.24) is 9.88 Å². The number of fused-ring (bicyclic) bond motifs is 1. The molecule has 0 bridgehead atoms. The summed E-state index contributed by atoms with van der Waals surface area (Å²) >= 11 is 1.54. The molecule has 1 aliphatic rings. The second-order valence-electron chi connectivity index (χ2n) is 7.22. The van der Waals surface area contributed by atoms with E-state index in [1.54, 1.807) is 35.6 Å². The van der Waals surface area contributed by atoms with Gasteiger partial charge in [0.15, 0.2) is 0 Å². The van der Waals surface area contributed by atoms with Crippen LogP contribution in [0.5, 0.6) is 0 Å². The summed E-state index contributed by atoms with van der Waals surface area (Å²) in [6, 6.07) is 14.6. The van der Waals surface area contributed by atoms with Gasteiger partial charge in [0.2, 0.25) is 5.91 Å². The van der Waals surface area contributed by atoms with Crippen molar-refractivity contribution in [3.05, 3.63) is 81.7 Å². The molecule has 3 aromatic rings. The summed E-state index contributed by atoms with van der Waals surface area (Å²) < 4.78 is 5.25. The maximum Gasteiger partial charge on any atom is 0.254 e. The molecular weight excluding hydrogens is 398 g/mol. The molecule has 1 aliphatic heterocycles. The molecule has 2 amide bonds. The maximum atomic E-state index is 13.6. The Morgan fingerprint density at radius 3 is 2.80 bits per heavy atom. The zero-order chi connectivity index (χ0) is 21.1. The van der Waals surface area contributed by atoms with Gasteiger partial charge in [-0.25, -0.2) is 4.98 Å². The number of nitrogens with one attached hydrogen (secondary N) is 1. The number of nitrogens with zero attached hydrogens (tertiary/aromatic N) is 2. The second kappa shape index (κ2) is 8.77. The molecular formula is C23H23N3O3S. The first-order valence-electron chi connectivity index (χ1n) is 9.76. The van der Waals surface area contributed by atoms with Gasteiger partial charge in [0, 0.05) is 30.3 Å². The maximum absolute atomic E-state index is 13.6. The number of carbonyl (C=O) groups excluding carboxylic acids is 2. The summed E-state index contributed by atoms with van der Waals surface area (Å²) in [7, 11) is 1.61. The third-order valence-corrected chi connectivity index (χ3v) is 6.20. The second-order valence-corrected chi connectivity index (χ2v) is 8.20. The van der Waals surface area contributed by atoms with E-state index in [2.05, 4.69) is 10.3 Å². The van der Waals surface area contributed by atoms with Crippen LogP contribution < -0.4 is 5.32 Å². The lowest BCUT2D eigenvalue weighted by Crippen LogP contribution is -2.47. The monoisotopic (exact) mass is 421 g/mol. The zero-order valence-electron chi connectivity index (χ0n) is 16.9. The normalized spacial score (nSPS) is 18.2. The summed E-state index contributed by atoms with van der Waals surface area (Å²) in [5.74, 6) is -0.327. The molecule has 7 heteroatoms. The largest absolute Gasteiger partial charge is 0.383 e. The van der Waals surface area contributed by atoms with E-state index in [9.17, 15) is 9.59 Å². The van der Waals surface area contributed by atoms with Crippen LogP contribution in [0.15, 0.2) is 60.1 Å². The van der Waals surface area contributed by atoms with Crippen LogP contribution >= 0.6 is 11.3 Å². The Morgan fingerprint density at radius 2 is 2.07 bits per heavy atom. The highest BCUT2D eigenvalue weighted by atomic mass is 32.1. The van der Waals surface area contributed by atoms with Crippen molar-refractivity contribution < 1.29 is 14.3 Å². The SMILES string of the molecule is COCCN1C(=O)c2ccccc2[C@@H](C(=O)Nc2cc(C)ccn2)[C@@H]1c1cccs1. The van der Waals surface area contributed by atoms with Gasteiger partial charge in [-0.15, -0.1) is 11.3 Å². The van der Waals surface area contributed by atoms with Gasteiger partial charge in [-0.3, -0.25) is 9.59 Å². The average molecular weight is 422 g/mol. The Balaban J connectivity index is 1.80. The predicted octanol–water partition coefficient (Wildman–Crippen LogP) is 4.02. The van der Waals surface area contributed by atoms with Crippen molar-refractivity contribution in [1.29, 1.82) is 0 Å². The highest BCUT2D eigenvalue weighted by Crippen LogP contribution is 2.44. The smallest absolute Gasteiger partial charge is 0.254 e. The van der Waals surface area contributed by atoms with Crippen LogP contribution in [-0.2, 0) is 9.53 Å². The minimum Gasteiger partial charge on any atom is -0.383 e. The summed E-state index contributed by atoms with van der Waals surface area (Å²) in [6.45, 7) is 2.75. The van der Waals surface area contributed by atoms with Crippen LogP contribution in [-0.4, -0.2) is 42.0 Å². The van der Waals surface area contributed by atoms with Crippen molar-refractivity contribution in [3.63, 3.8) is 0 Å². The molecule has 1 N–H and O–H groups in total. The van der Waals surface area contributed by atoms with E-state index in [1.807, 2.05) is 54.8 Å². The minimum atomic E-state index is -0.559. The van der Waals surface area contributed by atoms with Crippen molar-refractivity contribution in [3.8, 4) is 0 Å². The van der Waals surface area contributed by atoms with Crippen LogP contribution in [0.2, 0.25) is 0 Å². The third-order valence-electron chi connectivity index (χ3n) is 5.26. The van der Waals surface area contributed by atoms with E-state index in [0.717, 1.165) is 16.0 Å². The van der Waals surface area contributed by atoms with Gasteiger partial charge in [-0.2, -0.15) is 0 Å². The molecule has 1 aromatic carbocycles. The fraction of sp³-hybridized carbons (Fsp3) is 0.261. The number of hydrogen-bond acceptors (Lipinski definition) is 5. The fourth-order valence-corrected chi connectivity index (χ4v) is 4.77. The number of ether oxygens (including phenoxy) is 1. The van der Waals surface area contributed by atoms with Gasteiger partial charge in [0.05, 0.1) is 18.6 Å². The Kier molecular flexibility index (Phi) is 5.92. The fourth-order valence-electron chi connectivity index (χ4n) is 3.89. The molecule has 6 nitrogen and oxygen atoms in total. The van der Waals surface area contributed by atoms with Crippen molar-refractivity contribution in [2.75, 3.05) is 25.6 Å². The van der Waals surface area contributed by atoms with Crippen LogP contribution in [0, 0.1) is 6.92 Å². The number of anilines is 1. The summed E-state index contributed by atoms with van der Waals surface area (Å²) in [5, 5.41) is 4.93. The number of rotatable bonds is 6. The first kappa shape index (κ1) is 20.3. The Labute approximate surface area is 179 Å². The quantitative estimate of drug-likeness (QED) is 0.653. The lowest BCUT2D eigenvalue weighted by atomic mass is 9.81. The lowest BCUT2D eigenvalue weighted by Gasteiger charge is -2.41. The van der Waals surface area contributed by atoms with Crippen molar-refractivity contribution in [2.45, 2.75) is 18.9 Å². The Hall–Kier alpha value is -3.03. The van der Waals surface area contributed by atoms with E-state index in [-0.39, 0.29) is 11.8 Å². The van der Waals surface area contributed by atoms with Gasteiger partial charge in [0.1, 0.15) is 5.82 Å². The van der Waals surface area contributed by atoms with E-state index >= 15 is 0 Å². The average Bonchev–Trinajstić information content (AvgIpc) is 3.27. The van der Waals surface area contributed by atoms with Gasteiger partial charge in [0.25, 0.3) is 5.91 Å². The third kappa shape index (κ3) is 3.86. The lowest BCUT2D eigenvalue weighted by molar-refractivity contribution is -0.119. The van der Waals surface area contributed by atoms with Crippen molar-refractivity contribution >= 4 is 29.0 Å². The number of thiophene rings is 1. The van der Waals surface area contributed by atoms with Crippen LogP contribution in [0.25, 0.3) is 0 Å². The Morgan fingerprint density at radius 1 is 1.23 bits per heavy atom. The highest BCUT2D eigenvalue weighted by molar-refractivity contribution is 7.10. The molecule has 154 valence electrons.